The molecule has 0 bridgehead atoms. The number of likely N-dealkylation sites (tertiary alicyclic amines) is 1. The first kappa shape index (κ1) is 18.0. The van der Waals surface area contributed by atoms with Crippen LogP contribution in [0.2, 0.25) is 0 Å². The van der Waals surface area contributed by atoms with Crippen molar-refractivity contribution in [3.8, 4) is 0 Å². The summed E-state index contributed by atoms with van der Waals surface area (Å²) >= 11 is 0. The van der Waals surface area contributed by atoms with E-state index in [4.69, 9.17) is 9.57 Å². The van der Waals surface area contributed by atoms with Gasteiger partial charge in [0, 0.05) is 12.6 Å². The van der Waals surface area contributed by atoms with E-state index in [0.29, 0.717) is 12.6 Å². The highest BCUT2D eigenvalue weighted by molar-refractivity contribution is 6.00. The average Bonchev–Trinajstić information content (AvgIpc) is 2.59. The average molecular weight is 318 g/mol. The third kappa shape index (κ3) is 5.63. The SMILES string of the molecule is CC/C(=N/OC)c1ccc(COCCN2CCCCC2C)cc1. The minimum atomic E-state index is 0.672. The zero-order chi connectivity index (χ0) is 16.5. The maximum Gasteiger partial charge on any atom is 0.106 e. The Labute approximate surface area is 140 Å². The second-order valence-corrected chi connectivity index (χ2v) is 6.20. The van der Waals surface area contributed by atoms with Gasteiger partial charge in [0.15, 0.2) is 0 Å². The van der Waals surface area contributed by atoms with Crippen LogP contribution in [0.4, 0.5) is 0 Å². The first-order valence-corrected chi connectivity index (χ1v) is 8.75. The zero-order valence-electron chi connectivity index (χ0n) is 14.8. The highest BCUT2D eigenvalue weighted by Gasteiger charge is 2.17. The molecule has 1 fully saturated rings. The highest BCUT2D eigenvalue weighted by Crippen LogP contribution is 2.16. The van der Waals surface area contributed by atoms with Crippen LogP contribution in [0, 0.1) is 0 Å². The zero-order valence-corrected chi connectivity index (χ0v) is 14.8. The molecule has 1 aromatic carbocycles. The molecular weight excluding hydrogens is 288 g/mol. The number of benzene rings is 1. The Kier molecular flexibility index (Phi) is 7.56. The Hall–Kier alpha value is -1.39. The monoisotopic (exact) mass is 318 g/mol. The van der Waals surface area contributed by atoms with E-state index in [1.807, 2.05) is 0 Å². The molecule has 0 spiro atoms. The molecule has 128 valence electrons. The van der Waals surface area contributed by atoms with E-state index < -0.39 is 0 Å². The highest BCUT2D eigenvalue weighted by atomic mass is 16.6. The van der Waals surface area contributed by atoms with Gasteiger partial charge in [-0.3, -0.25) is 4.90 Å². The van der Waals surface area contributed by atoms with Crippen LogP contribution in [0.3, 0.4) is 0 Å². The quantitative estimate of drug-likeness (QED) is 0.415. The summed E-state index contributed by atoms with van der Waals surface area (Å²) in [7, 11) is 1.58. The van der Waals surface area contributed by atoms with Crippen molar-refractivity contribution in [2.45, 2.75) is 52.2 Å². The topological polar surface area (TPSA) is 34.1 Å². The van der Waals surface area contributed by atoms with Crippen LogP contribution in [-0.4, -0.2) is 43.5 Å². The van der Waals surface area contributed by atoms with E-state index in [1.54, 1.807) is 7.11 Å². The molecule has 0 N–H and O–H groups in total. The molecule has 2 rings (SSSR count). The Balaban J connectivity index is 1.74. The number of oxime groups is 1. The molecule has 4 nitrogen and oxygen atoms in total. The van der Waals surface area contributed by atoms with Crippen molar-refractivity contribution >= 4 is 5.71 Å². The summed E-state index contributed by atoms with van der Waals surface area (Å²) in [4.78, 5) is 7.43. The van der Waals surface area contributed by atoms with Gasteiger partial charge in [-0.15, -0.1) is 0 Å². The minimum absolute atomic E-state index is 0.672. The van der Waals surface area contributed by atoms with Crippen molar-refractivity contribution in [3.05, 3.63) is 35.4 Å². The Morgan fingerprint density at radius 2 is 2.04 bits per heavy atom. The number of piperidine rings is 1. The van der Waals surface area contributed by atoms with Crippen LogP contribution < -0.4 is 0 Å². The lowest BCUT2D eigenvalue weighted by Crippen LogP contribution is -2.39. The Morgan fingerprint density at radius 3 is 2.70 bits per heavy atom. The van der Waals surface area contributed by atoms with E-state index in [1.165, 1.54) is 31.4 Å². The number of hydrogen-bond donors (Lipinski definition) is 0. The number of rotatable bonds is 8. The van der Waals surface area contributed by atoms with Gasteiger partial charge in [-0.1, -0.05) is 42.8 Å². The molecule has 1 aromatic rings. The number of hydrogen-bond acceptors (Lipinski definition) is 4. The lowest BCUT2D eigenvalue weighted by molar-refractivity contribution is 0.0684. The van der Waals surface area contributed by atoms with Crippen molar-refractivity contribution in [1.29, 1.82) is 0 Å². The summed E-state index contributed by atoms with van der Waals surface area (Å²) in [6.45, 7) is 8.14. The smallest absolute Gasteiger partial charge is 0.106 e. The van der Waals surface area contributed by atoms with Crippen LogP contribution >= 0.6 is 0 Å². The van der Waals surface area contributed by atoms with E-state index in [-0.39, 0.29) is 0 Å². The Morgan fingerprint density at radius 1 is 1.26 bits per heavy atom. The first-order chi connectivity index (χ1) is 11.2. The van der Waals surface area contributed by atoms with E-state index in [2.05, 4.69) is 48.2 Å². The fourth-order valence-corrected chi connectivity index (χ4v) is 3.09. The van der Waals surface area contributed by atoms with Crippen molar-refractivity contribution in [2.24, 2.45) is 5.16 Å². The standard InChI is InChI=1S/C19H30N2O2/c1-4-19(20-22-3)18-10-8-17(9-11-18)15-23-14-13-21-12-6-5-7-16(21)2/h8-11,16H,4-7,12-15H2,1-3H3/b20-19-. The predicted molar refractivity (Wildman–Crippen MR) is 94.8 cm³/mol. The fraction of sp³-hybridized carbons (Fsp3) is 0.632. The maximum absolute atomic E-state index is 5.85. The van der Waals surface area contributed by atoms with Gasteiger partial charge in [0.1, 0.15) is 7.11 Å². The predicted octanol–water partition coefficient (Wildman–Crippen LogP) is 3.84. The fourth-order valence-electron chi connectivity index (χ4n) is 3.09. The number of nitrogens with zero attached hydrogens (tertiary/aromatic N) is 2. The van der Waals surface area contributed by atoms with E-state index in [9.17, 15) is 0 Å². The maximum atomic E-state index is 5.85. The molecule has 1 aliphatic heterocycles. The molecule has 1 heterocycles. The van der Waals surface area contributed by atoms with Gasteiger partial charge in [0.05, 0.1) is 18.9 Å². The third-order valence-electron chi connectivity index (χ3n) is 4.56. The second kappa shape index (κ2) is 9.68. The van der Waals surface area contributed by atoms with Crippen molar-refractivity contribution in [2.75, 3.05) is 26.8 Å². The van der Waals surface area contributed by atoms with Gasteiger partial charge in [0.2, 0.25) is 0 Å². The molecule has 0 amide bonds. The van der Waals surface area contributed by atoms with Gasteiger partial charge in [-0.2, -0.15) is 0 Å². The van der Waals surface area contributed by atoms with Crippen LogP contribution in [0.1, 0.15) is 50.7 Å². The number of ether oxygens (including phenoxy) is 1. The van der Waals surface area contributed by atoms with Crippen LogP contribution in [0.5, 0.6) is 0 Å². The molecule has 23 heavy (non-hydrogen) atoms. The summed E-state index contributed by atoms with van der Waals surface area (Å²) in [6.07, 6.45) is 4.88. The van der Waals surface area contributed by atoms with E-state index >= 15 is 0 Å². The molecule has 1 unspecified atom stereocenters. The molecular formula is C19H30N2O2. The molecule has 1 aliphatic rings. The van der Waals surface area contributed by atoms with E-state index in [0.717, 1.165) is 30.8 Å². The van der Waals surface area contributed by atoms with Crippen LogP contribution in [0.25, 0.3) is 0 Å². The normalized spacial score (nSPS) is 19.8. The summed E-state index contributed by atoms with van der Waals surface area (Å²) in [5.74, 6) is 0. The van der Waals surface area contributed by atoms with Gasteiger partial charge < -0.3 is 9.57 Å². The largest absolute Gasteiger partial charge is 0.399 e. The molecule has 1 saturated heterocycles. The van der Waals surface area contributed by atoms with Crippen molar-refractivity contribution in [1.82, 2.24) is 4.90 Å². The minimum Gasteiger partial charge on any atom is -0.399 e. The lowest BCUT2D eigenvalue weighted by atomic mass is 10.0. The summed E-state index contributed by atoms with van der Waals surface area (Å²) in [6, 6.07) is 9.11. The van der Waals surface area contributed by atoms with Gasteiger partial charge in [0.25, 0.3) is 0 Å². The summed E-state index contributed by atoms with van der Waals surface area (Å²) in [5, 5.41) is 4.06. The summed E-state index contributed by atoms with van der Waals surface area (Å²) in [5.41, 5.74) is 3.28. The van der Waals surface area contributed by atoms with Crippen LogP contribution in [0.15, 0.2) is 29.4 Å². The molecule has 0 aliphatic carbocycles. The van der Waals surface area contributed by atoms with Crippen molar-refractivity contribution < 1.29 is 9.57 Å². The molecule has 4 heteroatoms. The third-order valence-corrected chi connectivity index (χ3v) is 4.56. The van der Waals surface area contributed by atoms with Crippen molar-refractivity contribution in [3.63, 3.8) is 0 Å². The lowest BCUT2D eigenvalue weighted by Gasteiger charge is -2.33. The van der Waals surface area contributed by atoms with Gasteiger partial charge in [-0.05, 0) is 43.9 Å². The molecule has 0 radical (unpaired) electrons. The van der Waals surface area contributed by atoms with Gasteiger partial charge >= 0.3 is 0 Å². The second-order valence-electron chi connectivity index (χ2n) is 6.20. The summed E-state index contributed by atoms with van der Waals surface area (Å²) < 4.78 is 5.85. The molecule has 1 atom stereocenters. The molecule has 0 aromatic heterocycles. The van der Waals surface area contributed by atoms with Gasteiger partial charge in [-0.25, -0.2) is 0 Å². The first-order valence-electron chi connectivity index (χ1n) is 8.75. The van der Waals surface area contributed by atoms with Crippen LogP contribution in [-0.2, 0) is 16.2 Å². The molecule has 0 saturated carbocycles. The Bertz CT molecular complexity index is 485.